The monoisotopic (exact) mass is 337 g/mol. The Balaban J connectivity index is 1.77. The molecule has 6 nitrogen and oxygen atoms in total. The van der Waals surface area contributed by atoms with E-state index in [4.69, 9.17) is 16.3 Å². The molecule has 2 aromatic heterocycles. The van der Waals surface area contributed by atoms with Crippen molar-refractivity contribution in [3.8, 4) is 22.8 Å². The Morgan fingerprint density at radius 2 is 2.00 bits per heavy atom. The molecule has 4 rings (SSSR count). The summed E-state index contributed by atoms with van der Waals surface area (Å²) >= 11 is 5.62. The Hall–Kier alpha value is -2.48. The molecule has 9 heteroatoms. The van der Waals surface area contributed by atoms with Gasteiger partial charge in [0, 0.05) is 18.0 Å². The van der Waals surface area contributed by atoms with Crippen LogP contribution in [0.1, 0.15) is 6.42 Å². The third kappa shape index (κ3) is 2.35. The fourth-order valence-electron chi connectivity index (χ4n) is 2.49. The molecule has 0 spiro atoms. The van der Waals surface area contributed by atoms with Gasteiger partial charge in [-0.25, -0.2) is 18.1 Å². The number of nitrogens with zero attached hydrogens (tertiary/aromatic N) is 5. The number of hydrogen-bond acceptors (Lipinski definition) is 4. The lowest BCUT2D eigenvalue weighted by Gasteiger charge is -2.15. The van der Waals surface area contributed by atoms with Gasteiger partial charge in [0.1, 0.15) is 11.4 Å². The number of aromatic nitrogens is 5. The van der Waals surface area contributed by atoms with Crippen LogP contribution in [0, 0.1) is 11.6 Å². The third-order valence-corrected chi connectivity index (χ3v) is 3.74. The number of ether oxygens (including phenoxy) is 1. The Morgan fingerprint density at radius 1 is 1.22 bits per heavy atom. The molecule has 23 heavy (non-hydrogen) atoms. The van der Waals surface area contributed by atoms with Crippen molar-refractivity contribution in [3.05, 3.63) is 41.2 Å². The molecular weight excluding hydrogens is 328 g/mol. The van der Waals surface area contributed by atoms with Crippen molar-refractivity contribution in [2.24, 2.45) is 0 Å². The van der Waals surface area contributed by atoms with Crippen LogP contribution < -0.4 is 4.74 Å². The van der Waals surface area contributed by atoms with E-state index in [-0.39, 0.29) is 10.7 Å². The minimum atomic E-state index is -0.820. The quantitative estimate of drug-likeness (QED) is 0.721. The van der Waals surface area contributed by atoms with E-state index in [9.17, 15) is 8.78 Å². The summed E-state index contributed by atoms with van der Waals surface area (Å²) in [5.74, 6) is -1.06. The molecule has 0 fully saturated rings. The predicted octanol–water partition coefficient (Wildman–Crippen LogP) is 2.84. The maximum Gasteiger partial charge on any atom is 0.221 e. The van der Waals surface area contributed by atoms with Gasteiger partial charge >= 0.3 is 0 Å². The van der Waals surface area contributed by atoms with Crippen LogP contribution in [0.25, 0.3) is 16.9 Å². The first-order chi connectivity index (χ1) is 11.1. The van der Waals surface area contributed by atoms with Crippen LogP contribution in [0.15, 0.2) is 24.5 Å². The topological polar surface area (TPSA) is 57.8 Å². The zero-order valence-corrected chi connectivity index (χ0v) is 12.5. The minimum Gasteiger partial charge on any atom is -0.477 e. The Labute approximate surface area is 134 Å². The molecule has 0 unspecified atom stereocenters. The zero-order chi connectivity index (χ0) is 16.0. The molecule has 3 aromatic rings. The highest BCUT2D eigenvalue weighted by Gasteiger charge is 2.21. The molecule has 0 saturated heterocycles. The highest BCUT2D eigenvalue weighted by Crippen LogP contribution is 2.31. The molecule has 0 amide bonds. The van der Waals surface area contributed by atoms with Crippen molar-refractivity contribution >= 4 is 11.6 Å². The predicted molar refractivity (Wildman–Crippen MR) is 77.6 cm³/mol. The van der Waals surface area contributed by atoms with Crippen molar-refractivity contribution in [2.75, 3.05) is 6.61 Å². The van der Waals surface area contributed by atoms with Crippen molar-refractivity contribution in [2.45, 2.75) is 13.0 Å². The average molecular weight is 338 g/mol. The third-order valence-electron chi connectivity index (χ3n) is 3.52. The van der Waals surface area contributed by atoms with Crippen LogP contribution in [0.5, 0.6) is 5.88 Å². The summed E-state index contributed by atoms with van der Waals surface area (Å²) in [6.07, 6.45) is 3.90. The molecule has 118 valence electrons. The highest BCUT2D eigenvalue weighted by atomic mass is 35.5. The highest BCUT2D eigenvalue weighted by molar-refractivity contribution is 6.30. The van der Waals surface area contributed by atoms with E-state index >= 15 is 0 Å². The van der Waals surface area contributed by atoms with Crippen LogP contribution in [-0.4, -0.2) is 31.4 Å². The van der Waals surface area contributed by atoms with E-state index in [0.717, 1.165) is 29.8 Å². The fraction of sp³-hybridized carbons (Fsp3) is 0.214. The van der Waals surface area contributed by atoms with Gasteiger partial charge in [0.05, 0.1) is 24.6 Å². The molecule has 0 atom stereocenters. The van der Waals surface area contributed by atoms with Crippen LogP contribution in [0.2, 0.25) is 5.02 Å². The molecular formula is C14H10ClF2N5O. The first kappa shape index (κ1) is 14.1. The van der Waals surface area contributed by atoms with Gasteiger partial charge in [-0.2, -0.15) is 5.10 Å². The number of halogens is 3. The molecule has 0 saturated carbocycles. The molecule has 0 radical (unpaired) electrons. The van der Waals surface area contributed by atoms with Crippen LogP contribution >= 0.6 is 11.6 Å². The summed E-state index contributed by atoms with van der Waals surface area (Å²) in [5, 5.41) is 11.9. The average Bonchev–Trinajstić information content (AvgIpc) is 3.12. The minimum absolute atomic E-state index is 0.0248. The summed E-state index contributed by atoms with van der Waals surface area (Å²) in [6.45, 7) is 1.34. The zero-order valence-electron chi connectivity index (χ0n) is 11.7. The summed E-state index contributed by atoms with van der Waals surface area (Å²) in [5.41, 5.74) is 0.711. The Bertz CT molecular complexity index is 868. The van der Waals surface area contributed by atoms with Crippen LogP contribution in [0.3, 0.4) is 0 Å². The number of fused-ring (bicyclic) bond motifs is 1. The molecule has 1 aliphatic rings. The van der Waals surface area contributed by atoms with Gasteiger partial charge in [0.25, 0.3) is 0 Å². The molecule has 0 N–H and O–H groups in total. The lowest BCUT2D eigenvalue weighted by molar-refractivity contribution is 0.231. The largest absolute Gasteiger partial charge is 0.477 e. The van der Waals surface area contributed by atoms with Crippen molar-refractivity contribution in [3.63, 3.8) is 0 Å². The van der Waals surface area contributed by atoms with Gasteiger partial charge in [-0.15, -0.1) is 5.10 Å². The lowest BCUT2D eigenvalue weighted by atomic mass is 10.2. The smallest absolute Gasteiger partial charge is 0.221 e. The standard InChI is InChI=1S/C14H10ClF2N5O/c15-8-4-10(16)13(11(17)5-8)22-7-12(19-20-22)9-6-18-21-2-1-3-23-14(9)21/h4-7H,1-3H2. The molecule has 1 aromatic carbocycles. The first-order valence-corrected chi connectivity index (χ1v) is 7.27. The van der Waals surface area contributed by atoms with Crippen molar-refractivity contribution < 1.29 is 13.5 Å². The number of rotatable bonds is 2. The molecule has 0 bridgehead atoms. The number of aryl methyl sites for hydroxylation is 1. The molecule has 3 heterocycles. The van der Waals surface area contributed by atoms with Crippen LogP contribution in [-0.2, 0) is 6.54 Å². The maximum atomic E-state index is 14.0. The normalized spacial score (nSPS) is 13.7. The maximum absolute atomic E-state index is 14.0. The van der Waals surface area contributed by atoms with Gasteiger partial charge in [-0.3, -0.25) is 0 Å². The Kier molecular flexibility index (Phi) is 3.26. The SMILES string of the molecule is Fc1cc(Cl)cc(F)c1-n1cc(-c2cnn3c2OCCC3)nn1. The molecule has 1 aliphatic heterocycles. The fourth-order valence-corrected chi connectivity index (χ4v) is 2.69. The van der Waals surface area contributed by atoms with Gasteiger partial charge in [0.15, 0.2) is 11.6 Å². The van der Waals surface area contributed by atoms with Gasteiger partial charge in [0.2, 0.25) is 5.88 Å². The van der Waals surface area contributed by atoms with E-state index in [0.29, 0.717) is 23.7 Å². The van der Waals surface area contributed by atoms with E-state index in [2.05, 4.69) is 15.4 Å². The summed E-state index contributed by atoms with van der Waals surface area (Å²) < 4.78 is 36.3. The van der Waals surface area contributed by atoms with E-state index in [1.165, 1.54) is 6.20 Å². The summed E-state index contributed by atoms with van der Waals surface area (Å²) in [7, 11) is 0. The summed E-state index contributed by atoms with van der Waals surface area (Å²) in [4.78, 5) is 0. The van der Waals surface area contributed by atoms with Crippen LogP contribution in [0.4, 0.5) is 8.78 Å². The van der Waals surface area contributed by atoms with Gasteiger partial charge < -0.3 is 4.74 Å². The number of benzene rings is 1. The Morgan fingerprint density at radius 3 is 2.78 bits per heavy atom. The van der Waals surface area contributed by atoms with E-state index in [1.807, 2.05) is 0 Å². The van der Waals surface area contributed by atoms with Gasteiger partial charge in [-0.1, -0.05) is 16.8 Å². The second-order valence-corrected chi connectivity index (χ2v) is 5.49. The van der Waals surface area contributed by atoms with Gasteiger partial charge in [-0.05, 0) is 12.1 Å². The second kappa shape index (κ2) is 5.31. The van der Waals surface area contributed by atoms with E-state index in [1.54, 1.807) is 10.9 Å². The first-order valence-electron chi connectivity index (χ1n) is 6.90. The second-order valence-electron chi connectivity index (χ2n) is 5.05. The van der Waals surface area contributed by atoms with E-state index < -0.39 is 11.6 Å². The molecule has 0 aliphatic carbocycles. The lowest BCUT2D eigenvalue weighted by Crippen LogP contribution is -2.14. The van der Waals surface area contributed by atoms with Crippen molar-refractivity contribution in [1.82, 2.24) is 24.8 Å². The number of hydrogen-bond donors (Lipinski definition) is 0. The summed E-state index contributed by atoms with van der Waals surface area (Å²) in [6, 6.07) is 2.04. The van der Waals surface area contributed by atoms with Crippen molar-refractivity contribution in [1.29, 1.82) is 0 Å².